The summed E-state index contributed by atoms with van der Waals surface area (Å²) >= 11 is 0. The van der Waals surface area contributed by atoms with E-state index in [1.165, 1.54) is 25.9 Å². The zero-order chi connectivity index (χ0) is 21.3. The van der Waals surface area contributed by atoms with Crippen molar-refractivity contribution < 1.29 is 24.0 Å². The molecular weight excluding hydrogens is 384 g/mol. The third-order valence-corrected chi connectivity index (χ3v) is 5.50. The minimum Gasteiger partial charge on any atom is -0.486 e. The number of quaternary nitrogens is 1. The summed E-state index contributed by atoms with van der Waals surface area (Å²) < 4.78 is 11.1. The molecule has 1 atom stereocenters. The van der Waals surface area contributed by atoms with Gasteiger partial charge in [0.1, 0.15) is 13.2 Å². The average Bonchev–Trinajstić information content (AvgIpc) is 3.11. The minimum absolute atomic E-state index is 0.00430. The molecule has 0 aromatic heterocycles. The summed E-state index contributed by atoms with van der Waals surface area (Å²) in [7, 11) is 0. The van der Waals surface area contributed by atoms with Crippen LogP contribution in [0.5, 0.6) is 11.5 Å². The fourth-order valence-electron chi connectivity index (χ4n) is 4.11. The van der Waals surface area contributed by atoms with Gasteiger partial charge in [0.2, 0.25) is 5.91 Å². The van der Waals surface area contributed by atoms with Crippen LogP contribution in [-0.4, -0.2) is 63.9 Å². The van der Waals surface area contributed by atoms with Crippen molar-refractivity contribution in [2.24, 2.45) is 0 Å². The molecule has 30 heavy (non-hydrogen) atoms. The van der Waals surface area contributed by atoms with Crippen molar-refractivity contribution in [2.75, 3.05) is 50.8 Å². The molecule has 0 unspecified atom stereocenters. The quantitative estimate of drug-likeness (QED) is 0.493. The summed E-state index contributed by atoms with van der Waals surface area (Å²) in [6.07, 6.45) is 3.61. The molecule has 3 amide bonds. The van der Waals surface area contributed by atoms with Crippen LogP contribution in [-0.2, 0) is 4.79 Å². The third kappa shape index (κ3) is 6.01. The normalized spacial score (nSPS) is 18.0. The zero-order valence-electron chi connectivity index (χ0n) is 18.2. The molecule has 1 aromatic carbocycles. The Morgan fingerprint density at radius 2 is 1.87 bits per heavy atom. The smallest absolute Gasteiger partial charge is 0.315 e. The number of hydrogen-bond donors (Lipinski definition) is 3. The molecule has 0 radical (unpaired) electrons. The lowest BCUT2D eigenvalue weighted by Gasteiger charge is -2.22. The van der Waals surface area contributed by atoms with Gasteiger partial charge in [-0.05, 0) is 25.0 Å². The van der Waals surface area contributed by atoms with Gasteiger partial charge in [0.25, 0.3) is 0 Å². The van der Waals surface area contributed by atoms with E-state index in [0.717, 1.165) is 18.7 Å². The lowest BCUT2D eigenvalue weighted by atomic mass is 10.2. The highest BCUT2D eigenvalue weighted by molar-refractivity contribution is 5.97. The Balaban J connectivity index is 1.42. The van der Waals surface area contributed by atoms with E-state index in [2.05, 4.69) is 24.5 Å². The van der Waals surface area contributed by atoms with E-state index in [-0.39, 0.29) is 18.0 Å². The highest BCUT2D eigenvalue weighted by Gasteiger charge is 2.32. The number of hydrogen-bond acceptors (Lipinski definition) is 4. The lowest BCUT2D eigenvalue weighted by Crippen LogP contribution is -3.12. The van der Waals surface area contributed by atoms with E-state index in [4.69, 9.17) is 9.47 Å². The maximum Gasteiger partial charge on any atom is 0.315 e. The lowest BCUT2D eigenvalue weighted by molar-refractivity contribution is -0.900. The van der Waals surface area contributed by atoms with Crippen molar-refractivity contribution in [2.45, 2.75) is 45.6 Å². The Labute approximate surface area is 178 Å². The molecule has 3 N–H and O–H groups in total. The van der Waals surface area contributed by atoms with Crippen LogP contribution in [0.4, 0.5) is 10.5 Å². The van der Waals surface area contributed by atoms with E-state index in [1.54, 1.807) is 9.80 Å². The molecule has 2 heterocycles. The van der Waals surface area contributed by atoms with Crippen LogP contribution in [0.1, 0.15) is 39.5 Å². The second-order valence-electron chi connectivity index (χ2n) is 7.99. The first kappa shape index (κ1) is 22.2. The Hall–Kier alpha value is -2.48. The molecule has 0 aliphatic carbocycles. The molecule has 8 nitrogen and oxygen atoms in total. The number of anilines is 1. The van der Waals surface area contributed by atoms with Gasteiger partial charge in [-0.15, -0.1) is 0 Å². The number of amides is 3. The molecule has 1 fully saturated rings. The van der Waals surface area contributed by atoms with Gasteiger partial charge in [-0.1, -0.05) is 13.8 Å². The predicted molar refractivity (Wildman–Crippen MR) is 115 cm³/mol. The second-order valence-corrected chi connectivity index (χ2v) is 7.99. The van der Waals surface area contributed by atoms with E-state index in [0.29, 0.717) is 44.2 Å². The number of nitrogens with zero attached hydrogens (tertiary/aromatic N) is 1. The van der Waals surface area contributed by atoms with Crippen molar-refractivity contribution >= 4 is 17.6 Å². The highest BCUT2D eigenvalue weighted by atomic mass is 16.6. The molecule has 166 valence electrons. The SMILES string of the molecule is CCC[NH+](CCC)CCCNC(=O)N[C@H]1CC(=O)N(c2ccc3c(c2)OCCO3)C1. The molecule has 3 rings (SSSR count). The van der Waals surface area contributed by atoms with Crippen molar-refractivity contribution in [1.29, 1.82) is 0 Å². The van der Waals surface area contributed by atoms with Crippen LogP contribution in [0.3, 0.4) is 0 Å². The van der Waals surface area contributed by atoms with Crippen LogP contribution < -0.4 is 29.9 Å². The van der Waals surface area contributed by atoms with Crippen molar-refractivity contribution in [3.63, 3.8) is 0 Å². The number of ether oxygens (including phenoxy) is 2. The predicted octanol–water partition coefficient (Wildman–Crippen LogP) is 0.957. The summed E-state index contributed by atoms with van der Waals surface area (Å²) in [5.74, 6) is 1.35. The molecule has 2 aliphatic heterocycles. The Kier molecular flexibility index (Phi) is 8.19. The van der Waals surface area contributed by atoms with E-state index in [1.807, 2.05) is 18.2 Å². The van der Waals surface area contributed by atoms with E-state index < -0.39 is 0 Å². The van der Waals surface area contributed by atoms with Gasteiger partial charge in [0, 0.05) is 37.7 Å². The topological polar surface area (TPSA) is 84.3 Å². The molecule has 1 saturated heterocycles. The molecule has 0 spiro atoms. The van der Waals surface area contributed by atoms with Gasteiger partial charge in [-0.2, -0.15) is 0 Å². The highest BCUT2D eigenvalue weighted by Crippen LogP contribution is 2.35. The fraction of sp³-hybridized carbons (Fsp3) is 0.636. The third-order valence-electron chi connectivity index (χ3n) is 5.50. The average molecular weight is 420 g/mol. The maximum atomic E-state index is 12.5. The van der Waals surface area contributed by atoms with E-state index >= 15 is 0 Å². The Morgan fingerprint density at radius 3 is 2.60 bits per heavy atom. The number of benzene rings is 1. The molecular formula is C22H35N4O4+. The van der Waals surface area contributed by atoms with Gasteiger partial charge < -0.3 is 29.9 Å². The zero-order valence-corrected chi connectivity index (χ0v) is 18.2. The van der Waals surface area contributed by atoms with Gasteiger partial charge in [0.05, 0.1) is 25.7 Å². The number of nitrogens with one attached hydrogen (secondary N) is 3. The Bertz CT molecular complexity index is 721. The molecule has 0 saturated carbocycles. The molecule has 2 aliphatic rings. The molecule has 1 aromatic rings. The standard InChI is InChI=1S/C22H34N4O4/c1-3-9-25(10-4-2)11-5-8-23-22(28)24-17-14-21(27)26(16-17)18-6-7-19-20(15-18)30-13-12-29-19/h6-7,15,17H,3-5,8-14,16H2,1-2H3,(H2,23,24,28)/p+1/t17-/m0/s1. The van der Waals surface area contributed by atoms with Gasteiger partial charge >= 0.3 is 6.03 Å². The monoisotopic (exact) mass is 419 g/mol. The second kappa shape index (κ2) is 11.1. The first-order valence-electron chi connectivity index (χ1n) is 11.2. The van der Waals surface area contributed by atoms with Gasteiger partial charge in [-0.3, -0.25) is 4.79 Å². The summed E-state index contributed by atoms with van der Waals surface area (Å²) in [6, 6.07) is 5.11. The van der Waals surface area contributed by atoms with Crippen LogP contribution in [0, 0.1) is 0 Å². The first-order valence-corrected chi connectivity index (χ1v) is 11.2. The van der Waals surface area contributed by atoms with Crippen LogP contribution >= 0.6 is 0 Å². The maximum absolute atomic E-state index is 12.5. The van der Waals surface area contributed by atoms with E-state index in [9.17, 15) is 9.59 Å². The van der Waals surface area contributed by atoms with Gasteiger partial charge in [-0.25, -0.2) is 4.79 Å². The number of fused-ring (bicyclic) bond motifs is 1. The van der Waals surface area contributed by atoms with Crippen molar-refractivity contribution in [3.05, 3.63) is 18.2 Å². The van der Waals surface area contributed by atoms with Crippen LogP contribution in [0.2, 0.25) is 0 Å². The summed E-state index contributed by atoms with van der Waals surface area (Å²) in [6.45, 7) is 9.99. The van der Waals surface area contributed by atoms with Crippen molar-refractivity contribution in [1.82, 2.24) is 10.6 Å². The van der Waals surface area contributed by atoms with Gasteiger partial charge in [0.15, 0.2) is 11.5 Å². The first-order chi connectivity index (χ1) is 14.6. The Morgan fingerprint density at radius 1 is 1.13 bits per heavy atom. The van der Waals surface area contributed by atoms with Crippen LogP contribution in [0.25, 0.3) is 0 Å². The largest absolute Gasteiger partial charge is 0.486 e. The fourth-order valence-corrected chi connectivity index (χ4v) is 4.11. The molecule has 8 heteroatoms. The van der Waals surface area contributed by atoms with Crippen LogP contribution in [0.15, 0.2) is 18.2 Å². The number of rotatable bonds is 10. The number of carbonyl (C=O) groups excluding carboxylic acids is 2. The summed E-state index contributed by atoms with van der Waals surface area (Å²) in [4.78, 5) is 28.0. The van der Waals surface area contributed by atoms with Crippen molar-refractivity contribution in [3.8, 4) is 11.5 Å². The number of urea groups is 1. The summed E-state index contributed by atoms with van der Waals surface area (Å²) in [5.41, 5.74) is 0.767. The number of carbonyl (C=O) groups is 2. The summed E-state index contributed by atoms with van der Waals surface area (Å²) in [5, 5.41) is 5.86. The minimum atomic E-state index is -0.204. The molecule has 0 bridgehead atoms.